The van der Waals surface area contributed by atoms with Crippen LogP contribution in [0, 0.1) is 6.92 Å². The molecule has 0 saturated carbocycles. The normalized spacial score (nSPS) is 12.6. The molecule has 0 fully saturated rings. The van der Waals surface area contributed by atoms with Gasteiger partial charge in [-0.1, -0.05) is 49.9 Å². The zero-order chi connectivity index (χ0) is 9.68. The summed E-state index contributed by atoms with van der Waals surface area (Å²) in [6.45, 7) is 8.24. The van der Waals surface area contributed by atoms with Crippen LogP contribution in [0.15, 0.2) is 30.4 Å². The lowest BCUT2D eigenvalue weighted by atomic mass is 10.1. The maximum Gasteiger partial charge on any atom is -0.0161 e. The number of aryl methyl sites for hydroxylation is 1. The van der Waals surface area contributed by atoms with E-state index in [4.69, 9.17) is 0 Å². The standard InChI is InChI=1S/C13H16/c1-4-5-6-10-13-11(2)8-7-9-12(13)3/h5-10H,2,4H2,1,3H3/b6-5-,13-10+. The Morgan fingerprint density at radius 2 is 2.15 bits per heavy atom. The van der Waals surface area contributed by atoms with E-state index in [-0.39, 0.29) is 0 Å². The molecule has 68 valence electrons. The second-order valence-electron chi connectivity index (χ2n) is 3.15. The zero-order valence-electron chi connectivity index (χ0n) is 8.38. The summed E-state index contributed by atoms with van der Waals surface area (Å²) in [7, 11) is 0. The minimum Gasteiger partial charge on any atom is -0.0912 e. The van der Waals surface area contributed by atoms with Crippen LogP contribution in [-0.4, -0.2) is 0 Å². The third-order valence-corrected chi connectivity index (χ3v) is 2.05. The molecule has 1 rings (SSSR count). The lowest BCUT2D eigenvalue weighted by Crippen LogP contribution is -2.24. The number of rotatable bonds is 2. The monoisotopic (exact) mass is 172 g/mol. The lowest BCUT2D eigenvalue weighted by molar-refractivity contribution is 1.23. The molecule has 0 atom stereocenters. The van der Waals surface area contributed by atoms with Crippen LogP contribution in [0.25, 0.3) is 12.7 Å². The molecule has 0 heteroatoms. The van der Waals surface area contributed by atoms with E-state index in [1.807, 2.05) is 12.1 Å². The SMILES string of the molecule is C=c1cccc(C)/c1=C/C=C\CC. The highest BCUT2D eigenvalue weighted by atomic mass is 13.9. The van der Waals surface area contributed by atoms with Crippen molar-refractivity contribution in [1.29, 1.82) is 0 Å². The summed E-state index contributed by atoms with van der Waals surface area (Å²) in [4.78, 5) is 0. The van der Waals surface area contributed by atoms with Crippen LogP contribution in [0.4, 0.5) is 0 Å². The molecule has 0 spiro atoms. The first-order valence-corrected chi connectivity index (χ1v) is 4.67. The van der Waals surface area contributed by atoms with E-state index in [9.17, 15) is 0 Å². The first-order valence-electron chi connectivity index (χ1n) is 4.67. The maximum absolute atomic E-state index is 3.99. The molecule has 0 heterocycles. The van der Waals surface area contributed by atoms with Crippen molar-refractivity contribution in [2.75, 3.05) is 0 Å². The Labute approximate surface area is 79.9 Å². The van der Waals surface area contributed by atoms with Gasteiger partial charge in [0.15, 0.2) is 0 Å². The largest absolute Gasteiger partial charge is 0.0912 e. The van der Waals surface area contributed by atoms with Crippen LogP contribution in [0.1, 0.15) is 18.9 Å². The molecule has 13 heavy (non-hydrogen) atoms. The summed E-state index contributed by atoms with van der Waals surface area (Å²) in [6, 6.07) is 6.19. The van der Waals surface area contributed by atoms with E-state index in [0.717, 1.165) is 11.6 Å². The molecular formula is C13H16. The summed E-state index contributed by atoms with van der Waals surface area (Å²) < 4.78 is 0. The van der Waals surface area contributed by atoms with E-state index < -0.39 is 0 Å². The van der Waals surface area contributed by atoms with Gasteiger partial charge in [-0.25, -0.2) is 0 Å². The van der Waals surface area contributed by atoms with Crippen molar-refractivity contribution in [2.45, 2.75) is 20.3 Å². The van der Waals surface area contributed by atoms with Crippen molar-refractivity contribution in [3.63, 3.8) is 0 Å². The van der Waals surface area contributed by atoms with Gasteiger partial charge < -0.3 is 0 Å². The molecule has 0 nitrogen and oxygen atoms in total. The van der Waals surface area contributed by atoms with Gasteiger partial charge in [0.25, 0.3) is 0 Å². The Balaban J connectivity index is 3.20. The summed E-state index contributed by atoms with van der Waals surface area (Å²) in [5.41, 5.74) is 1.29. The van der Waals surface area contributed by atoms with Crippen LogP contribution >= 0.6 is 0 Å². The first-order chi connectivity index (χ1) is 6.25. The Hall–Kier alpha value is -1.30. The fourth-order valence-corrected chi connectivity index (χ4v) is 1.28. The summed E-state index contributed by atoms with van der Waals surface area (Å²) in [6.07, 6.45) is 7.44. The minimum absolute atomic E-state index is 1.08. The van der Waals surface area contributed by atoms with E-state index in [1.54, 1.807) is 0 Å². The van der Waals surface area contributed by atoms with Crippen molar-refractivity contribution >= 4 is 12.7 Å². The van der Waals surface area contributed by atoms with Crippen molar-refractivity contribution in [2.24, 2.45) is 0 Å². The topological polar surface area (TPSA) is 0 Å². The van der Waals surface area contributed by atoms with E-state index >= 15 is 0 Å². The zero-order valence-corrected chi connectivity index (χ0v) is 8.38. The molecule has 0 aliphatic carbocycles. The van der Waals surface area contributed by atoms with Gasteiger partial charge >= 0.3 is 0 Å². The molecule has 0 saturated heterocycles. The van der Waals surface area contributed by atoms with Crippen LogP contribution in [0.3, 0.4) is 0 Å². The van der Waals surface area contributed by atoms with Crippen molar-refractivity contribution in [3.05, 3.63) is 46.4 Å². The van der Waals surface area contributed by atoms with Crippen LogP contribution in [-0.2, 0) is 0 Å². The van der Waals surface area contributed by atoms with Gasteiger partial charge in [-0.05, 0) is 29.3 Å². The summed E-state index contributed by atoms with van der Waals surface area (Å²) in [5.74, 6) is 0. The lowest BCUT2D eigenvalue weighted by Gasteiger charge is -1.93. The highest BCUT2D eigenvalue weighted by Gasteiger charge is 1.85. The molecule has 0 unspecified atom stereocenters. The van der Waals surface area contributed by atoms with Crippen molar-refractivity contribution in [1.82, 2.24) is 0 Å². The number of benzene rings is 1. The predicted octanol–water partition coefficient (Wildman–Crippen LogP) is 2.15. The van der Waals surface area contributed by atoms with E-state index in [1.165, 1.54) is 10.8 Å². The predicted molar refractivity (Wildman–Crippen MR) is 59.8 cm³/mol. The number of hydrogen-bond acceptors (Lipinski definition) is 0. The van der Waals surface area contributed by atoms with Gasteiger partial charge in [0.2, 0.25) is 0 Å². The third kappa shape index (κ3) is 2.59. The molecule has 1 aromatic carbocycles. The highest BCUT2D eigenvalue weighted by molar-refractivity contribution is 5.40. The number of hydrogen-bond donors (Lipinski definition) is 0. The highest BCUT2D eigenvalue weighted by Crippen LogP contribution is 1.85. The summed E-state index contributed by atoms with van der Waals surface area (Å²) in [5, 5.41) is 2.34. The average molecular weight is 172 g/mol. The minimum atomic E-state index is 1.08. The fourth-order valence-electron chi connectivity index (χ4n) is 1.28. The third-order valence-electron chi connectivity index (χ3n) is 2.05. The molecule has 0 bridgehead atoms. The molecule has 1 aromatic rings. The average Bonchev–Trinajstić information content (AvgIpc) is 2.10. The molecule has 0 aliphatic rings. The van der Waals surface area contributed by atoms with Crippen LogP contribution in [0.2, 0.25) is 0 Å². The van der Waals surface area contributed by atoms with Gasteiger partial charge in [0, 0.05) is 0 Å². The Kier molecular flexibility index (Phi) is 3.51. The van der Waals surface area contributed by atoms with Crippen molar-refractivity contribution in [3.8, 4) is 0 Å². The van der Waals surface area contributed by atoms with Gasteiger partial charge in [0.05, 0.1) is 0 Å². The van der Waals surface area contributed by atoms with E-state index in [0.29, 0.717) is 0 Å². The molecule has 0 radical (unpaired) electrons. The quantitative estimate of drug-likeness (QED) is 0.641. The smallest absolute Gasteiger partial charge is 0.0161 e. The van der Waals surface area contributed by atoms with E-state index in [2.05, 4.69) is 44.7 Å². The molecule has 0 aliphatic heterocycles. The maximum atomic E-state index is 3.99. The fraction of sp³-hybridized carbons (Fsp3) is 0.231. The Morgan fingerprint density at radius 1 is 1.38 bits per heavy atom. The van der Waals surface area contributed by atoms with Gasteiger partial charge in [-0.3, -0.25) is 0 Å². The van der Waals surface area contributed by atoms with Crippen LogP contribution < -0.4 is 10.4 Å². The number of allylic oxidation sites excluding steroid dienone is 2. The Bertz CT molecular complexity index is 397. The second kappa shape index (κ2) is 4.66. The molecule has 0 aromatic heterocycles. The molecular weight excluding hydrogens is 156 g/mol. The molecule has 0 N–H and O–H groups in total. The van der Waals surface area contributed by atoms with Crippen LogP contribution in [0.5, 0.6) is 0 Å². The summed E-state index contributed by atoms with van der Waals surface area (Å²) >= 11 is 0. The Morgan fingerprint density at radius 3 is 2.77 bits per heavy atom. The van der Waals surface area contributed by atoms with Gasteiger partial charge in [-0.2, -0.15) is 0 Å². The second-order valence-corrected chi connectivity index (χ2v) is 3.15. The van der Waals surface area contributed by atoms with Crippen molar-refractivity contribution < 1.29 is 0 Å². The molecule has 0 amide bonds. The van der Waals surface area contributed by atoms with Gasteiger partial charge in [-0.15, -0.1) is 0 Å². The van der Waals surface area contributed by atoms with Gasteiger partial charge in [0.1, 0.15) is 0 Å². The first kappa shape index (κ1) is 9.79.